The lowest BCUT2D eigenvalue weighted by Gasteiger charge is -2.40. The molecule has 2 fully saturated rings. The van der Waals surface area contributed by atoms with E-state index >= 15 is 0 Å². The minimum Gasteiger partial charge on any atom is -0.383 e. The van der Waals surface area contributed by atoms with Gasteiger partial charge in [0, 0.05) is 36.3 Å². The molecule has 9 heteroatoms. The highest BCUT2D eigenvalue weighted by Crippen LogP contribution is 2.42. The maximum absolute atomic E-state index is 11.5. The fraction of sp³-hybridized carbons (Fsp3) is 0.600. The number of sulfone groups is 1. The molecule has 0 unspecified atom stereocenters. The van der Waals surface area contributed by atoms with E-state index in [2.05, 4.69) is 35.4 Å². The van der Waals surface area contributed by atoms with Crippen LogP contribution in [-0.4, -0.2) is 59.0 Å². The molecule has 0 atom stereocenters. The third kappa shape index (κ3) is 2.93. The first-order chi connectivity index (χ1) is 11.4. The van der Waals surface area contributed by atoms with E-state index in [0.29, 0.717) is 42.4 Å². The maximum Gasteiger partial charge on any atom is 0.152 e. The number of hydrogen-bond donors (Lipinski definition) is 1. The first-order valence-electron chi connectivity index (χ1n) is 8.12. The average molecular weight is 414 g/mol. The van der Waals surface area contributed by atoms with Gasteiger partial charge in [-0.25, -0.2) is 18.4 Å². The molecule has 2 aromatic rings. The molecular formula is C15H20BrN5O2S. The number of anilines is 1. The van der Waals surface area contributed by atoms with Crippen molar-refractivity contribution in [2.24, 2.45) is 5.92 Å². The standard InChI is InChI=1S/C15H20BrN5O2S/c16-12-8-21(15-13(12)14(17)18-9-19-15)11-5-10(6-11)7-20-1-3-24(22,23)4-2-20/h8-11H,1-7H2,(H2,17,18,19). The Balaban J connectivity index is 1.41. The second-order valence-corrected chi connectivity index (χ2v) is 9.94. The van der Waals surface area contributed by atoms with Crippen LogP contribution in [0.25, 0.3) is 11.0 Å². The molecular weight excluding hydrogens is 394 g/mol. The molecule has 2 N–H and O–H groups in total. The molecule has 0 bridgehead atoms. The van der Waals surface area contributed by atoms with E-state index in [1.165, 1.54) is 6.33 Å². The number of nitrogens with two attached hydrogens (primary N) is 1. The summed E-state index contributed by atoms with van der Waals surface area (Å²) in [6.45, 7) is 2.33. The lowest BCUT2D eigenvalue weighted by molar-refractivity contribution is 0.136. The van der Waals surface area contributed by atoms with Crippen molar-refractivity contribution < 1.29 is 8.42 Å². The van der Waals surface area contributed by atoms with Gasteiger partial charge >= 0.3 is 0 Å². The lowest BCUT2D eigenvalue weighted by atomic mass is 9.79. The summed E-state index contributed by atoms with van der Waals surface area (Å²) in [5.41, 5.74) is 6.83. The predicted molar refractivity (Wildman–Crippen MR) is 96.5 cm³/mol. The summed E-state index contributed by atoms with van der Waals surface area (Å²) >= 11 is 3.55. The Labute approximate surface area is 149 Å². The van der Waals surface area contributed by atoms with E-state index < -0.39 is 9.84 Å². The van der Waals surface area contributed by atoms with Crippen molar-refractivity contribution >= 4 is 42.6 Å². The van der Waals surface area contributed by atoms with Crippen LogP contribution in [0.5, 0.6) is 0 Å². The van der Waals surface area contributed by atoms with Gasteiger partial charge in [-0.15, -0.1) is 0 Å². The molecule has 1 saturated heterocycles. The molecule has 130 valence electrons. The number of fused-ring (bicyclic) bond motifs is 1. The molecule has 4 rings (SSSR count). The predicted octanol–water partition coefficient (Wildman–Crippen LogP) is 1.46. The summed E-state index contributed by atoms with van der Waals surface area (Å²) in [7, 11) is -2.80. The van der Waals surface area contributed by atoms with Crippen molar-refractivity contribution in [3.8, 4) is 0 Å². The second kappa shape index (κ2) is 5.96. The zero-order valence-electron chi connectivity index (χ0n) is 13.2. The number of rotatable bonds is 3. The van der Waals surface area contributed by atoms with Crippen LogP contribution >= 0.6 is 15.9 Å². The number of aromatic nitrogens is 3. The third-order valence-electron chi connectivity index (χ3n) is 5.15. The molecule has 0 amide bonds. The van der Waals surface area contributed by atoms with Crippen LogP contribution in [-0.2, 0) is 9.84 Å². The highest BCUT2D eigenvalue weighted by atomic mass is 79.9. The fourth-order valence-electron chi connectivity index (χ4n) is 3.72. The molecule has 2 aromatic heterocycles. The topological polar surface area (TPSA) is 94.1 Å². The maximum atomic E-state index is 11.5. The van der Waals surface area contributed by atoms with Crippen molar-refractivity contribution in [3.63, 3.8) is 0 Å². The summed E-state index contributed by atoms with van der Waals surface area (Å²) in [5, 5.41) is 0.877. The molecule has 0 aromatic carbocycles. The van der Waals surface area contributed by atoms with Gasteiger partial charge in [0.25, 0.3) is 0 Å². The first kappa shape index (κ1) is 16.3. The molecule has 2 aliphatic rings. The highest BCUT2D eigenvalue weighted by molar-refractivity contribution is 9.10. The van der Waals surface area contributed by atoms with Crippen molar-refractivity contribution in [2.45, 2.75) is 18.9 Å². The first-order valence-corrected chi connectivity index (χ1v) is 10.7. The number of halogens is 1. The van der Waals surface area contributed by atoms with Crippen molar-refractivity contribution in [2.75, 3.05) is 36.9 Å². The van der Waals surface area contributed by atoms with E-state index in [1.54, 1.807) is 0 Å². The largest absolute Gasteiger partial charge is 0.383 e. The summed E-state index contributed by atoms with van der Waals surface area (Å²) in [4.78, 5) is 10.7. The molecule has 1 aliphatic carbocycles. The zero-order valence-corrected chi connectivity index (χ0v) is 15.6. The lowest BCUT2D eigenvalue weighted by Crippen LogP contribution is -2.44. The molecule has 24 heavy (non-hydrogen) atoms. The fourth-order valence-corrected chi connectivity index (χ4v) is 5.59. The Morgan fingerprint density at radius 2 is 1.96 bits per heavy atom. The Kier molecular flexibility index (Phi) is 4.04. The summed E-state index contributed by atoms with van der Waals surface area (Å²) in [6, 6.07) is 0.423. The Hall–Kier alpha value is -1.19. The number of hydrogen-bond acceptors (Lipinski definition) is 6. The zero-order chi connectivity index (χ0) is 16.9. The van der Waals surface area contributed by atoms with Gasteiger partial charge in [0.1, 0.15) is 17.8 Å². The molecule has 3 heterocycles. The quantitative estimate of drug-likeness (QED) is 0.818. The van der Waals surface area contributed by atoms with Crippen LogP contribution in [0, 0.1) is 5.92 Å². The van der Waals surface area contributed by atoms with Gasteiger partial charge in [0.05, 0.1) is 16.9 Å². The Morgan fingerprint density at radius 3 is 2.67 bits per heavy atom. The van der Waals surface area contributed by atoms with Crippen LogP contribution < -0.4 is 5.73 Å². The van der Waals surface area contributed by atoms with Gasteiger partial charge in [-0.3, -0.25) is 0 Å². The SMILES string of the molecule is Nc1ncnc2c1c(Br)cn2C1CC(CN2CCS(=O)(=O)CC2)C1. The molecule has 0 radical (unpaired) electrons. The van der Waals surface area contributed by atoms with Gasteiger partial charge < -0.3 is 15.2 Å². The van der Waals surface area contributed by atoms with Crippen LogP contribution in [0.2, 0.25) is 0 Å². The smallest absolute Gasteiger partial charge is 0.152 e. The van der Waals surface area contributed by atoms with Crippen LogP contribution in [0.15, 0.2) is 17.0 Å². The van der Waals surface area contributed by atoms with E-state index in [0.717, 1.165) is 34.9 Å². The number of nitrogens with zero attached hydrogens (tertiary/aromatic N) is 4. The average Bonchev–Trinajstić information content (AvgIpc) is 2.82. The summed E-state index contributed by atoms with van der Waals surface area (Å²) in [5.74, 6) is 1.71. The van der Waals surface area contributed by atoms with Gasteiger partial charge in [-0.1, -0.05) is 0 Å². The monoisotopic (exact) mass is 413 g/mol. The highest BCUT2D eigenvalue weighted by Gasteiger charge is 2.34. The second-order valence-electron chi connectivity index (χ2n) is 6.79. The molecule has 1 aliphatic heterocycles. The normalized spacial score (nSPS) is 27.2. The summed E-state index contributed by atoms with van der Waals surface area (Å²) in [6.07, 6.45) is 5.72. The molecule has 1 saturated carbocycles. The van der Waals surface area contributed by atoms with E-state index in [4.69, 9.17) is 5.73 Å². The van der Waals surface area contributed by atoms with Gasteiger partial charge in [-0.2, -0.15) is 0 Å². The van der Waals surface area contributed by atoms with Crippen molar-refractivity contribution in [1.29, 1.82) is 0 Å². The van der Waals surface area contributed by atoms with E-state index in [-0.39, 0.29) is 0 Å². The minimum atomic E-state index is -2.80. The van der Waals surface area contributed by atoms with Crippen LogP contribution in [0.1, 0.15) is 18.9 Å². The van der Waals surface area contributed by atoms with Crippen molar-refractivity contribution in [3.05, 3.63) is 17.0 Å². The Morgan fingerprint density at radius 1 is 1.25 bits per heavy atom. The number of nitrogen functional groups attached to an aromatic ring is 1. The summed E-state index contributed by atoms with van der Waals surface area (Å²) < 4.78 is 26.1. The molecule has 0 spiro atoms. The van der Waals surface area contributed by atoms with E-state index in [1.807, 2.05) is 6.20 Å². The van der Waals surface area contributed by atoms with Gasteiger partial charge in [-0.05, 0) is 34.7 Å². The van der Waals surface area contributed by atoms with E-state index in [9.17, 15) is 8.42 Å². The molecule has 7 nitrogen and oxygen atoms in total. The van der Waals surface area contributed by atoms with Crippen LogP contribution in [0.4, 0.5) is 5.82 Å². The van der Waals surface area contributed by atoms with Crippen LogP contribution in [0.3, 0.4) is 0 Å². The van der Waals surface area contributed by atoms with Gasteiger partial charge in [0.15, 0.2) is 9.84 Å². The van der Waals surface area contributed by atoms with Crippen molar-refractivity contribution in [1.82, 2.24) is 19.4 Å². The minimum absolute atomic E-state index is 0.300. The Bertz CT molecular complexity index is 861. The van der Waals surface area contributed by atoms with Gasteiger partial charge in [0.2, 0.25) is 0 Å². The third-order valence-corrected chi connectivity index (χ3v) is 7.36.